The molecule has 1 heterocycles. The van der Waals surface area contributed by atoms with Crippen LogP contribution in [0, 0.1) is 5.92 Å². The molecule has 0 radical (unpaired) electrons. The number of amides is 1. The third kappa shape index (κ3) is 4.18. The van der Waals surface area contributed by atoms with Crippen molar-refractivity contribution in [3.63, 3.8) is 0 Å². The van der Waals surface area contributed by atoms with Crippen LogP contribution in [-0.4, -0.2) is 38.3 Å². The molecule has 0 spiro atoms. The lowest BCUT2D eigenvalue weighted by atomic mass is 9.97. The van der Waals surface area contributed by atoms with Gasteiger partial charge in [0, 0.05) is 25.6 Å². The highest BCUT2D eigenvalue weighted by atomic mass is 35.5. The van der Waals surface area contributed by atoms with E-state index in [0.717, 1.165) is 6.42 Å². The molecule has 8 heteroatoms. The molecule has 1 aliphatic rings. The maximum atomic E-state index is 12.7. The highest BCUT2D eigenvalue weighted by molar-refractivity contribution is 7.89. The first-order valence-electron chi connectivity index (χ1n) is 7.59. The highest BCUT2D eigenvalue weighted by Crippen LogP contribution is 2.32. The zero-order valence-corrected chi connectivity index (χ0v) is 15.2. The van der Waals surface area contributed by atoms with Gasteiger partial charge in [0.25, 0.3) is 0 Å². The first-order valence-corrected chi connectivity index (χ1v) is 9.79. The van der Waals surface area contributed by atoms with Gasteiger partial charge >= 0.3 is 0 Å². The summed E-state index contributed by atoms with van der Waals surface area (Å²) in [4.78, 5) is 12.0. The number of sulfonamides is 1. The number of benzene rings is 1. The van der Waals surface area contributed by atoms with Crippen molar-refractivity contribution in [3.05, 3.63) is 28.2 Å². The van der Waals surface area contributed by atoms with Gasteiger partial charge in [-0.2, -0.15) is 4.31 Å². The van der Waals surface area contributed by atoms with Crippen molar-refractivity contribution in [3.8, 4) is 0 Å². The van der Waals surface area contributed by atoms with Gasteiger partial charge in [-0.3, -0.25) is 4.79 Å². The molecule has 1 fully saturated rings. The molecule has 1 aromatic rings. The van der Waals surface area contributed by atoms with Gasteiger partial charge in [0.15, 0.2) is 0 Å². The SMILES string of the molecule is CCCNC(=O)C1CCN(S(=O)(=O)c2cccc(Cl)c2Cl)CC1. The number of rotatable bonds is 5. The summed E-state index contributed by atoms with van der Waals surface area (Å²) in [6.45, 7) is 3.24. The molecule has 2 rings (SSSR count). The summed E-state index contributed by atoms with van der Waals surface area (Å²) >= 11 is 11.9. The third-order valence-corrected chi connectivity index (χ3v) is 6.78. The average Bonchev–Trinajstić information content (AvgIpc) is 2.55. The van der Waals surface area contributed by atoms with Crippen LogP contribution in [0.15, 0.2) is 23.1 Å². The lowest BCUT2D eigenvalue weighted by molar-refractivity contribution is -0.126. The Kier molecular flexibility index (Phi) is 6.31. The summed E-state index contributed by atoms with van der Waals surface area (Å²) in [6, 6.07) is 4.56. The molecule has 0 bridgehead atoms. The number of hydrogen-bond donors (Lipinski definition) is 1. The smallest absolute Gasteiger partial charge is 0.244 e. The van der Waals surface area contributed by atoms with Gasteiger partial charge in [0.1, 0.15) is 4.90 Å². The fourth-order valence-corrected chi connectivity index (χ4v) is 4.78. The van der Waals surface area contributed by atoms with Crippen LogP contribution in [0.1, 0.15) is 26.2 Å². The van der Waals surface area contributed by atoms with Crippen molar-refractivity contribution >= 4 is 39.1 Å². The number of hydrogen-bond acceptors (Lipinski definition) is 3. The summed E-state index contributed by atoms with van der Waals surface area (Å²) in [6.07, 6.45) is 1.89. The van der Waals surface area contributed by atoms with Crippen LogP contribution in [0.25, 0.3) is 0 Å². The largest absolute Gasteiger partial charge is 0.356 e. The number of halogens is 2. The standard InChI is InChI=1S/C15H20Cl2N2O3S/c1-2-8-18-15(20)11-6-9-19(10-7-11)23(21,22)13-5-3-4-12(16)14(13)17/h3-5,11H,2,6-10H2,1H3,(H,18,20). The number of carbonyl (C=O) groups excluding carboxylic acids is 1. The quantitative estimate of drug-likeness (QED) is 0.856. The molecule has 0 aromatic heterocycles. The molecule has 1 aromatic carbocycles. The Morgan fingerprint density at radius 1 is 1.30 bits per heavy atom. The normalized spacial score (nSPS) is 17.2. The zero-order chi connectivity index (χ0) is 17.0. The first-order chi connectivity index (χ1) is 10.9. The summed E-state index contributed by atoms with van der Waals surface area (Å²) in [7, 11) is -3.70. The van der Waals surface area contributed by atoms with Crippen LogP contribution in [0.3, 0.4) is 0 Å². The predicted molar refractivity (Wildman–Crippen MR) is 91.2 cm³/mol. The van der Waals surface area contributed by atoms with Crippen molar-refractivity contribution in [2.75, 3.05) is 19.6 Å². The van der Waals surface area contributed by atoms with Gasteiger partial charge < -0.3 is 5.32 Å². The second kappa shape index (κ2) is 7.83. The lowest BCUT2D eigenvalue weighted by Crippen LogP contribution is -2.43. The Labute approximate surface area is 147 Å². The van der Waals surface area contributed by atoms with Crippen LogP contribution in [-0.2, 0) is 14.8 Å². The number of carbonyl (C=O) groups is 1. The van der Waals surface area contributed by atoms with E-state index in [4.69, 9.17) is 23.2 Å². The van der Waals surface area contributed by atoms with Crippen molar-refractivity contribution in [1.29, 1.82) is 0 Å². The van der Waals surface area contributed by atoms with Crippen molar-refractivity contribution in [2.45, 2.75) is 31.1 Å². The van der Waals surface area contributed by atoms with Crippen LogP contribution < -0.4 is 5.32 Å². The average molecular weight is 379 g/mol. The molecule has 0 saturated carbocycles. The summed E-state index contributed by atoms with van der Waals surface area (Å²) < 4.78 is 26.8. The van der Waals surface area contributed by atoms with E-state index in [1.54, 1.807) is 12.1 Å². The topological polar surface area (TPSA) is 66.5 Å². The number of nitrogens with one attached hydrogen (secondary N) is 1. The van der Waals surface area contributed by atoms with Gasteiger partial charge in [0.2, 0.25) is 15.9 Å². The molecule has 1 N–H and O–H groups in total. The fourth-order valence-electron chi connectivity index (χ4n) is 2.57. The molecule has 1 saturated heterocycles. The Hall–Kier alpha value is -0.820. The minimum Gasteiger partial charge on any atom is -0.356 e. The molecular formula is C15H20Cl2N2O3S. The third-order valence-electron chi connectivity index (χ3n) is 3.91. The fraction of sp³-hybridized carbons (Fsp3) is 0.533. The van der Waals surface area contributed by atoms with Gasteiger partial charge in [-0.15, -0.1) is 0 Å². The van der Waals surface area contributed by atoms with E-state index in [0.29, 0.717) is 32.5 Å². The summed E-state index contributed by atoms with van der Waals surface area (Å²) in [5, 5.41) is 3.11. The monoisotopic (exact) mass is 378 g/mol. The molecule has 5 nitrogen and oxygen atoms in total. The molecular weight excluding hydrogens is 359 g/mol. The van der Waals surface area contributed by atoms with Crippen molar-refractivity contribution in [1.82, 2.24) is 9.62 Å². The van der Waals surface area contributed by atoms with E-state index in [9.17, 15) is 13.2 Å². The van der Waals surface area contributed by atoms with E-state index >= 15 is 0 Å². The molecule has 1 amide bonds. The zero-order valence-electron chi connectivity index (χ0n) is 12.9. The predicted octanol–water partition coefficient (Wildman–Crippen LogP) is 2.92. The molecule has 0 atom stereocenters. The molecule has 23 heavy (non-hydrogen) atoms. The Morgan fingerprint density at radius 2 is 1.96 bits per heavy atom. The summed E-state index contributed by atoms with van der Waals surface area (Å²) in [5.74, 6) is -0.132. The van der Waals surface area contributed by atoms with E-state index in [-0.39, 0.29) is 26.8 Å². The maximum Gasteiger partial charge on any atom is 0.244 e. The molecule has 1 aliphatic heterocycles. The second-order valence-corrected chi connectivity index (χ2v) is 8.21. The van der Waals surface area contributed by atoms with Gasteiger partial charge in [-0.1, -0.05) is 36.2 Å². The van der Waals surface area contributed by atoms with Crippen molar-refractivity contribution in [2.24, 2.45) is 5.92 Å². The first kappa shape index (κ1) is 18.5. The van der Waals surface area contributed by atoms with E-state index in [2.05, 4.69) is 5.32 Å². The lowest BCUT2D eigenvalue weighted by Gasteiger charge is -2.30. The van der Waals surface area contributed by atoms with Crippen LogP contribution >= 0.6 is 23.2 Å². The molecule has 128 valence electrons. The van der Waals surface area contributed by atoms with Crippen LogP contribution in [0.2, 0.25) is 10.0 Å². The number of nitrogens with zero attached hydrogens (tertiary/aromatic N) is 1. The summed E-state index contributed by atoms with van der Waals surface area (Å²) in [5.41, 5.74) is 0. The van der Waals surface area contributed by atoms with Gasteiger partial charge in [-0.05, 0) is 31.4 Å². The maximum absolute atomic E-state index is 12.7. The van der Waals surface area contributed by atoms with Gasteiger partial charge in [-0.25, -0.2) is 8.42 Å². The Bertz CT molecular complexity index is 671. The van der Waals surface area contributed by atoms with E-state index < -0.39 is 10.0 Å². The highest BCUT2D eigenvalue weighted by Gasteiger charge is 2.33. The Balaban J connectivity index is 2.07. The van der Waals surface area contributed by atoms with Crippen LogP contribution in [0.5, 0.6) is 0 Å². The molecule has 0 aliphatic carbocycles. The minimum atomic E-state index is -3.70. The van der Waals surface area contributed by atoms with Gasteiger partial charge in [0.05, 0.1) is 10.0 Å². The number of piperidine rings is 1. The Morgan fingerprint density at radius 3 is 2.57 bits per heavy atom. The second-order valence-electron chi connectivity index (χ2n) is 5.52. The molecule has 0 unspecified atom stereocenters. The van der Waals surface area contributed by atoms with Crippen LogP contribution in [0.4, 0.5) is 0 Å². The van der Waals surface area contributed by atoms with E-state index in [1.807, 2.05) is 6.92 Å². The van der Waals surface area contributed by atoms with E-state index in [1.165, 1.54) is 10.4 Å². The minimum absolute atomic E-state index is 0.00434. The van der Waals surface area contributed by atoms with Crippen molar-refractivity contribution < 1.29 is 13.2 Å².